The van der Waals surface area contributed by atoms with Gasteiger partial charge in [0, 0.05) is 6.42 Å². The Labute approximate surface area is 361 Å². The average Bonchev–Trinajstić information content (AvgIpc) is 3.23. The number of hydrogen-bond donors (Lipinski definition) is 6. The van der Waals surface area contributed by atoms with Gasteiger partial charge in [0.1, 0.15) is 24.4 Å². The number of ether oxygens (including phenoxy) is 2. The molecule has 9 nitrogen and oxygen atoms in total. The van der Waals surface area contributed by atoms with E-state index in [-0.39, 0.29) is 12.5 Å². The van der Waals surface area contributed by atoms with Gasteiger partial charge < -0.3 is 40.3 Å². The number of aliphatic hydroxyl groups excluding tert-OH is 5. The Hall–Kier alpha value is -1.59. The van der Waals surface area contributed by atoms with Gasteiger partial charge >= 0.3 is 0 Å². The van der Waals surface area contributed by atoms with Gasteiger partial charge in [-0.15, -0.1) is 0 Å². The van der Waals surface area contributed by atoms with E-state index >= 15 is 0 Å². The van der Waals surface area contributed by atoms with E-state index in [4.69, 9.17) is 9.47 Å². The minimum Gasteiger partial charge on any atom is -0.394 e. The second kappa shape index (κ2) is 40.5. The van der Waals surface area contributed by atoms with Crippen LogP contribution in [0.4, 0.5) is 0 Å². The van der Waals surface area contributed by atoms with Crippen molar-refractivity contribution in [1.82, 2.24) is 5.32 Å². The van der Waals surface area contributed by atoms with Crippen molar-refractivity contribution in [2.24, 2.45) is 0 Å². The summed E-state index contributed by atoms with van der Waals surface area (Å²) in [4.78, 5) is 12.9. The Bertz CT molecular complexity index is 1020. The molecule has 1 rings (SSSR count). The lowest BCUT2D eigenvalue weighted by Gasteiger charge is -2.40. The molecule has 1 heterocycles. The molecule has 1 saturated heterocycles. The summed E-state index contributed by atoms with van der Waals surface area (Å²) in [7, 11) is 0. The molecule has 0 aromatic heterocycles. The van der Waals surface area contributed by atoms with E-state index < -0.39 is 49.5 Å². The van der Waals surface area contributed by atoms with Crippen molar-refractivity contribution in [2.75, 3.05) is 13.2 Å². The fraction of sp³-hybridized carbons (Fsp3) is 0.860. The van der Waals surface area contributed by atoms with Gasteiger partial charge in [0.25, 0.3) is 0 Å². The average molecular weight is 836 g/mol. The summed E-state index contributed by atoms with van der Waals surface area (Å²) in [6.45, 7) is 3.71. The summed E-state index contributed by atoms with van der Waals surface area (Å²) in [6.07, 6.45) is 43.7. The molecule has 0 aromatic rings. The van der Waals surface area contributed by atoms with Crippen LogP contribution in [0.25, 0.3) is 0 Å². The number of carbonyl (C=O) groups excluding carboxylic acids is 1. The molecule has 59 heavy (non-hydrogen) atoms. The summed E-state index contributed by atoms with van der Waals surface area (Å²) in [5.74, 6) is -0.190. The van der Waals surface area contributed by atoms with Crippen LogP contribution in [0.1, 0.15) is 219 Å². The number of carbonyl (C=O) groups is 1. The van der Waals surface area contributed by atoms with Crippen molar-refractivity contribution in [1.29, 1.82) is 0 Å². The van der Waals surface area contributed by atoms with Gasteiger partial charge in [-0.25, -0.2) is 0 Å². The highest BCUT2D eigenvalue weighted by molar-refractivity contribution is 5.76. The monoisotopic (exact) mass is 836 g/mol. The first-order valence-electron chi connectivity index (χ1n) is 24.7. The van der Waals surface area contributed by atoms with E-state index in [9.17, 15) is 30.3 Å². The highest BCUT2D eigenvalue weighted by atomic mass is 16.7. The first-order chi connectivity index (χ1) is 28.8. The van der Waals surface area contributed by atoms with E-state index in [2.05, 4.69) is 43.5 Å². The topological polar surface area (TPSA) is 149 Å². The van der Waals surface area contributed by atoms with Crippen molar-refractivity contribution in [3.63, 3.8) is 0 Å². The Balaban J connectivity index is 2.17. The Morgan fingerprint density at radius 3 is 1.46 bits per heavy atom. The third-order valence-corrected chi connectivity index (χ3v) is 11.7. The lowest BCUT2D eigenvalue weighted by Crippen LogP contribution is -2.60. The van der Waals surface area contributed by atoms with Crippen LogP contribution in [-0.2, 0) is 14.3 Å². The lowest BCUT2D eigenvalue weighted by atomic mass is 9.99. The van der Waals surface area contributed by atoms with Crippen molar-refractivity contribution in [2.45, 2.75) is 262 Å². The number of amides is 1. The third kappa shape index (κ3) is 31.0. The Morgan fingerprint density at radius 2 is 0.966 bits per heavy atom. The molecule has 1 fully saturated rings. The molecule has 7 atom stereocenters. The zero-order valence-electron chi connectivity index (χ0n) is 38.0. The second-order valence-corrected chi connectivity index (χ2v) is 17.2. The standard InChI is InChI=1S/C50H93NO8/c1-3-5-7-9-11-13-14-15-16-17-18-19-20-21-22-23-24-25-26-27-28-29-30-32-34-36-38-40-46(54)51-43(44(53)39-37-35-33-31-12-10-8-6-4-2)42-58-50-49(57)48(56)47(55)45(41-52)59-50/h12,21-22,31,37,39,43-45,47-50,52-53,55-57H,3-11,13-20,23-30,32-36,38,40-42H2,1-2H3,(H,51,54)/b22-21-,31-12+,39-37+. The maximum absolute atomic E-state index is 12.9. The molecule has 1 amide bonds. The van der Waals surface area contributed by atoms with Gasteiger partial charge in [0.05, 0.1) is 25.4 Å². The number of aliphatic hydroxyl groups is 5. The molecule has 0 aliphatic carbocycles. The highest BCUT2D eigenvalue weighted by Gasteiger charge is 2.44. The van der Waals surface area contributed by atoms with E-state index in [1.54, 1.807) is 6.08 Å². The smallest absolute Gasteiger partial charge is 0.220 e. The molecule has 6 N–H and O–H groups in total. The molecule has 0 aromatic carbocycles. The molecular formula is C50H93NO8. The summed E-state index contributed by atoms with van der Waals surface area (Å²) in [5.41, 5.74) is 0. The van der Waals surface area contributed by atoms with Gasteiger partial charge in [-0.2, -0.15) is 0 Å². The first kappa shape index (κ1) is 55.4. The number of hydrogen-bond acceptors (Lipinski definition) is 8. The molecule has 0 bridgehead atoms. The van der Waals surface area contributed by atoms with E-state index in [0.29, 0.717) is 6.42 Å². The van der Waals surface area contributed by atoms with Crippen molar-refractivity contribution in [3.8, 4) is 0 Å². The largest absolute Gasteiger partial charge is 0.394 e. The minimum absolute atomic E-state index is 0.190. The van der Waals surface area contributed by atoms with E-state index in [0.717, 1.165) is 38.5 Å². The normalized spacial score (nSPS) is 21.0. The molecule has 1 aliphatic rings. The van der Waals surface area contributed by atoms with Crippen molar-refractivity contribution in [3.05, 3.63) is 36.5 Å². The van der Waals surface area contributed by atoms with Crippen LogP contribution in [0, 0.1) is 0 Å². The number of nitrogens with one attached hydrogen (secondary N) is 1. The zero-order chi connectivity index (χ0) is 43.0. The maximum Gasteiger partial charge on any atom is 0.220 e. The first-order valence-corrected chi connectivity index (χ1v) is 24.7. The predicted molar refractivity (Wildman–Crippen MR) is 244 cm³/mol. The van der Waals surface area contributed by atoms with Crippen LogP contribution in [0.3, 0.4) is 0 Å². The summed E-state index contributed by atoms with van der Waals surface area (Å²) < 4.78 is 11.2. The molecule has 346 valence electrons. The molecule has 1 aliphatic heterocycles. The molecule has 0 saturated carbocycles. The SMILES string of the molecule is CCCCC/C=C/CC/C=C/C(O)C(COC1OC(CO)C(O)C(O)C1O)NC(=O)CCCCCCCCCCCCC/C=C\CCCCCCCCCCCCCC. The van der Waals surface area contributed by atoms with Crippen LogP contribution >= 0.6 is 0 Å². The summed E-state index contributed by atoms with van der Waals surface area (Å²) in [5, 5.41) is 54.0. The fourth-order valence-corrected chi connectivity index (χ4v) is 7.70. The lowest BCUT2D eigenvalue weighted by molar-refractivity contribution is -0.302. The molecule has 0 radical (unpaired) electrons. The molecule has 7 unspecified atom stereocenters. The van der Waals surface area contributed by atoms with Crippen LogP contribution < -0.4 is 5.32 Å². The Kier molecular flexibility index (Phi) is 38.0. The number of unbranched alkanes of at least 4 members (excludes halogenated alkanes) is 27. The molecule has 0 spiro atoms. The quantitative estimate of drug-likeness (QED) is 0.0263. The molecule has 9 heteroatoms. The number of rotatable bonds is 41. The van der Waals surface area contributed by atoms with Gasteiger partial charge in [-0.3, -0.25) is 4.79 Å². The van der Waals surface area contributed by atoms with Gasteiger partial charge in [-0.1, -0.05) is 192 Å². The third-order valence-electron chi connectivity index (χ3n) is 11.7. The van der Waals surface area contributed by atoms with Crippen LogP contribution in [0.15, 0.2) is 36.5 Å². The maximum atomic E-state index is 12.9. The minimum atomic E-state index is -1.57. The van der Waals surface area contributed by atoms with E-state index in [1.165, 1.54) is 161 Å². The van der Waals surface area contributed by atoms with E-state index in [1.807, 2.05) is 6.08 Å². The van der Waals surface area contributed by atoms with Gasteiger partial charge in [-0.05, 0) is 57.8 Å². The second-order valence-electron chi connectivity index (χ2n) is 17.2. The Morgan fingerprint density at radius 1 is 0.559 bits per heavy atom. The highest BCUT2D eigenvalue weighted by Crippen LogP contribution is 2.23. The summed E-state index contributed by atoms with van der Waals surface area (Å²) in [6, 6.07) is -0.818. The predicted octanol–water partition coefficient (Wildman–Crippen LogP) is 10.8. The van der Waals surface area contributed by atoms with Crippen LogP contribution in [-0.4, -0.2) is 87.5 Å². The van der Waals surface area contributed by atoms with Crippen LogP contribution in [0.5, 0.6) is 0 Å². The van der Waals surface area contributed by atoms with Crippen molar-refractivity contribution < 1.29 is 39.8 Å². The molecular weight excluding hydrogens is 743 g/mol. The summed E-state index contributed by atoms with van der Waals surface area (Å²) >= 11 is 0. The van der Waals surface area contributed by atoms with Crippen molar-refractivity contribution >= 4 is 5.91 Å². The fourth-order valence-electron chi connectivity index (χ4n) is 7.70. The zero-order valence-corrected chi connectivity index (χ0v) is 38.0. The van der Waals surface area contributed by atoms with Gasteiger partial charge in [0.2, 0.25) is 5.91 Å². The number of allylic oxidation sites excluding steroid dienone is 5. The van der Waals surface area contributed by atoms with Gasteiger partial charge in [0.15, 0.2) is 6.29 Å². The van der Waals surface area contributed by atoms with Crippen LogP contribution in [0.2, 0.25) is 0 Å².